The zero-order valence-electron chi connectivity index (χ0n) is 5.57. The Labute approximate surface area is 58.3 Å². The van der Waals surface area contributed by atoms with Crippen molar-refractivity contribution in [3.63, 3.8) is 0 Å². The van der Waals surface area contributed by atoms with Crippen molar-refractivity contribution in [1.82, 2.24) is 4.90 Å². The van der Waals surface area contributed by atoms with Gasteiger partial charge in [-0.1, -0.05) is 6.08 Å². The number of amides is 2. The minimum Gasteiger partial charge on any atom is -0.317 e. The number of likely N-dealkylation sites (N-methyl/N-ethyl adjacent to an activating group) is 1. The summed E-state index contributed by atoms with van der Waals surface area (Å²) in [6, 6.07) is -0.650. The monoisotopic (exact) mass is 140 g/mol. The van der Waals surface area contributed by atoms with E-state index in [-0.39, 0.29) is 11.8 Å². The summed E-state index contributed by atoms with van der Waals surface area (Å²) < 4.78 is 0. The molecule has 0 bridgehead atoms. The molecule has 4 nitrogen and oxygen atoms in total. The van der Waals surface area contributed by atoms with Crippen LogP contribution >= 0.6 is 0 Å². The molecule has 54 valence electrons. The fourth-order valence-corrected chi connectivity index (χ4v) is 0.712. The highest BCUT2D eigenvalue weighted by molar-refractivity contribution is 6.06. The summed E-state index contributed by atoms with van der Waals surface area (Å²) in [6.07, 6.45) is 2.69. The first-order valence-corrected chi connectivity index (χ1v) is 2.88. The molecule has 2 N–H and O–H groups in total. The number of carbonyl (C=O) groups is 2. The molecular weight excluding hydrogens is 132 g/mol. The van der Waals surface area contributed by atoms with E-state index in [0.29, 0.717) is 0 Å². The summed E-state index contributed by atoms with van der Waals surface area (Å²) >= 11 is 0. The average molecular weight is 140 g/mol. The third-order valence-corrected chi connectivity index (χ3v) is 1.39. The number of rotatable bonds is 0. The predicted octanol–water partition coefficient (Wildman–Crippen LogP) is -1.13. The molecule has 1 aliphatic heterocycles. The van der Waals surface area contributed by atoms with Gasteiger partial charge in [-0.3, -0.25) is 14.5 Å². The van der Waals surface area contributed by atoms with Gasteiger partial charge in [0, 0.05) is 13.1 Å². The Bertz CT molecular complexity index is 210. The lowest BCUT2D eigenvalue weighted by molar-refractivity contribution is -0.141. The van der Waals surface area contributed by atoms with Gasteiger partial charge in [-0.25, -0.2) is 0 Å². The van der Waals surface area contributed by atoms with Crippen LogP contribution in [0.3, 0.4) is 0 Å². The highest BCUT2D eigenvalue weighted by Gasteiger charge is 2.23. The standard InChI is InChI=1S/C6H8N2O2/c1-8-5(9)3-2-4(7)6(8)10/h2-4H,7H2,1H3/t4-/m0/s1. The summed E-state index contributed by atoms with van der Waals surface area (Å²) in [6.45, 7) is 0. The van der Waals surface area contributed by atoms with Gasteiger partial charge in [-0.15, -0.1) is 0 Å². The van der Waals surface area contributed by atoms with Crippen molar-refractivity contribution in [2.45, 2.75) is 6.04 Å². The van der Waals surface area contributed by atoms with E-state index in [1.54, 1.807) is 0 Å². The molecule has 1 rings (SSSR count). The van der Waals surface area contributed by atoms with Crippen LogP contribution in [0.15, 0.2) is 12.2 Å². The van der Waals surface area contributed by atoms with Crippen molar-refractivity contribution in [1.29, 1.82) is 0 Å². The molecule has 0 aromatic heterocycles. The van der Waals surface area contributed by atoms with E-state index in [1.807, 2.05) is 0 Å². The predicted molar refractivity (Wildman–Crippen MR) is 34.9 cm³/mol. The Kier molecular flexibility index (Phi) is 1.55. The molecule has 0 saturated carbocycles. The molecule has 0 unspecified atom stereocenters. The van der Waals surface area contributed by atoms with E-state index in [0.717, 1.165) is 4.90 Å². The van der Waals surface area contributed by atoms with Crippen LogP contribution in [0.2, 0.25) is 0 Å². The van der Waals surface area contributed by atoms with Crippen LogP contribution in [0, 0.1) is 0 Å². The van der Waals surface area contributed by atoms with Gasteiger partial charge in [0.15, 0.2) is 0 Å². The molecule has 1 heterocycles. The molecule has 1 aliphatic rings. The zero-order valence-corrected chi connectivity index (χ0v) is 5.57. The van der Waals surface area contributed by atoms with Crippen LogP contribution in [0.25, 0.3) is 0 Å². The van der Waals surface area contributed by atoms with Gasteiger partial charge in [-0.2, -0.15) is 0 Å². The molecule has 4 heteroatoms. The van der Waals surface area contributed by atoms with Crippen molar-refractivity contribution < 1.29 is 9.59 Å². The van der Waals surface area contributed by atoms with Crippen LogP contribution in [-0.2, 0) is 9.59 Å². The number of nitrogens with zero attached hydrogens (tertiary/aromatic N) is 1. The van der Waals surface area contributed by atoms with Crippen molar-refractivity contribution in [2.24, 2.45) is 5.73 Å². The average Bonchev–Trinajstić information content (AvgIpc) is 1.93. The molecule has 0 spiro atoms. The number of hydrogen-bond acceptors (Lipinski definition) is 3. The van der Waals surface area contributed by atoms with Crippen LogP contribution in [0.4, 0.5) is 0 Å². The summed E-state index contributed by atoms with van der Waals surface area (Å²) in [4.78, 5) is 22.6. The molecule has 0 aromatic carbocycles. The molecular formula is C6H8N2O2. The summed E-state index contributed by atoms with van der Waals surface area (Å²) in [5, 5.41) is 0. The molecule has 0 aromatic rings. The van der Waals surface area contributed by atoms with Crippen molar-refractivity contribution >= 4 is 11.8 Å². The maximum atomic E-state index is 10.9. The molecule has 1 atom stereocenters. The second-order valence-corrected chi connectivity index (χ2v) is 2.12. The Balaban J connectivity index is 2.89. The summed E-state index contributed by atoms with van der Waals surface area (Å²) in [5.74, 6) is -0.667. The van der Waals surface area contributed by atoms with Gasteiger partial charge < -0.3 is 5.73 Å². The molecule has 0 radical (unpaired) electrons. The quantitative estimate of drug-likeness (QED) is 0.433. The van der Waals surface area contributed by atoms with E-state index < -0.39 is 6.04 Å². The fraction of sp³-hybridized carbons (Fsp3) is 0.333. The van der Waals surface area contributed by atoms with Crippen molar-refractivity contribution in [3.05, 3.63) is 12.2 Å². The minimum atomic E-state index is -0.650. The number of nitrogens with two attached hydrogens (primary N) is 1. The van der Waals surface area contributed by atoms with Crippen LogP contribution in [-0.4, -0.2) is 29.8 Å². The molecule has 0 fully saturated rings. The number of imide groups is 1. The van der Waals surface area contributed by atoms with Crippen molar-refractivity contribution in [3.8, 4) is 0 Å². The summed E-state index contributed by atoms with van der Waals surface area (Å²) in [7, 11) is 1.41. The topological polar surface area (TPSA) is 63.4 Å². The van der Waals surface area contributed by atoms with Gasteiger partial charge in [0.1, 0.15) is 6.04 Å². The van der Waals surface area contributed by atoms with Gasteiger partial charge in [0.25, 0.3) is 5.91 Å². The van der Waals surface area contributed by atoms with Crippen molar-refractivity contribution in [2.75, 3.05) is 7.05 Å². The van der Waals surface area contributed by atoms with E-state index in [9.17, 15) is 9.59 Å². The maximum Gasteiger partial charge on any atom is 0.252 e. The Hall–Kier alpha value is -1.16. The highest BCUT2D eigenvalue weighted by Crippen LogP contribution is 2.00. The van der Waals surface area contributed by atoms with E-state index in [1.165, 1.54) is 19.2 Å². The normalized spacial score (nSPS) is 25.8. The molecule has 10 heavy (non-hydrogen) atoms. The van der Waals surface area contributed by atoms with E-state index in [2.05, 4.69) is 0 Å². The largest absolute Gasteiger partial charge is 0.317 e. The zero-order chi connectivity index (χ0) is 7.72. The van der Waals surface area contributed by atoms with Gasteiger partial charge >= 0.3 is 0 Å². The third kappa shape index (κ3) is 0.930. The molecule has 0 saturated heterocycles. The lowest BCUT2D eigenvalue weighted by Crippen LogP contribution is -2.46. The lowest BCUT2D eigenvalue weighted by Gasteiger charge is -2.19. The second-order valence-electron chi connectivity index (χ2n) is 2.12. The van der Waals surface area contributed by atoms with Crippen LogP contribution in [0.5, 0.6) is 0 Å². The Morgan fingerprint density at radius 3 is 2.70 bits per heavy atom. The first-order valence-electron chi connectivity index (χ1n) is 2.88. The van der Waals surface area contributed by atoms with E-state index in [4.69, 9.17) is 5.73 Å². The SMILES string of the molecule is CN1C(=O)C=C[C@H](N)C1=O. The first-order chi connectivity index (χ1) is 4.63. The number of carbonyl (C=O) groups excluding carboxylic acids is 2. The third-order valence-electron chi connectivity index (χ3n) is 1.39. The fourth-order valence-electron chi connectivity index (χ4n) is 0.712. The lowest BCUT2D eigenvalue weighted by atomic mass is 10.2. The molecule has 2 amide bonds. The highest BCUT2D eigenvalue weighted by atomic mass is 16.2. The van der Waals surface area contributed by atoms with Crippen LogP contribution < -0.4 is 5.73 Å². The summed E-state index contributed by atoms with van der Waals surface area (Å²) in [5.41, 5.74) is 5.30. The van der Waals surface area contributed by atoms with Gasteiger partial charge in [-0.05, 0) is 0 Å². The second kappa shape index (κ2) is 2.22. The van der Waals surface area contributed by atoms with Gasteiger partial charge in [0.05, 0.1) is 0 Å². The first kappa shape index (κ1) is 6.95. The molecule has 0 aliphatic carbocycles. The van der Waals surface area contributed by atoms with E-state index >= 15 is 0 Å². The number of hydrogen-bond donors (Lipinski definition) is 1. The van der Waals surface area contributed by atoms with Crippen LogP contribution in [0.1, 0.15) is 0 Å². The maximum absolute atomic E-state index is 10.9. The minimum absolute atomic E-state index is 0.313. The van der Waals surface area contributed by atoms with Gasteiger partial charge in [0.2, 0.25) is 5.91 Å². The Morgan fingerprint density at radius 2 is 2.20 bits per heavy atom. The smallest absolute Gasteiger partial charge is 0.252 e. The Morgan fingerprint density at radius 1 is 1.60 bits per heavy atom.